The Labute approximate surface area is 120 Å². The van der Waals surface area contributed by atoms with Crippen molar-refractivity contribution in [2.75, 3.05) is 6.61 Å². The zero-order valence-corrected chi connectivity index (χ0v) is 12.0. The summed E-state index contributed by atoms with van der Waals surface area (Å²) in [6, 6.07) is 8.13. The van der Waals surface area contributed by atoms with Crippen LogP contribution in [-0.4, -0.2) is 24.1 Å². The summed E-state index contributed by atoms with van der Waals surface area (Å²) >= 11 is 0. The van der Waals surface area contributed by atoms with Crippen molar-refractivity contribution in [1.82, 2.24) is 0 Å². The Morgan fingerprint density at radius 1 is 1.00 bits per heavy atom. The average molecular weight is 276 g/mol. The molecule has 0 spiro atoms. The SMILES string of the molecule is O[C@@H]1CCCC[C@H]1c1ccccc1OC1CCCCO1. The highest BCUT2D eigenvalue weighted by Crippen LogP contribution is 2.38. The van der Waals surface area contributed by atoms with Crippen LogP contribution in [0.25, 0.3) is 0 Å². The third-order valence-electron chi connectivity index (χ3n) is 4.44. The molecule has 1 unspecified atom stereocenters. The fourth-order valence-corrected chi connectivity index (χ4v) is 3.31. The monoisotopic (exact) mass is 276 g/mol. The maximum atomic E-state index is 10.3. The van der Waals surface area contributed by atoms with E-state index in [1.54, 1.807) is 0 Å². The van der Waals surface area contributed by atoms with Gasteiger partial charge in [0, 0.05) is 12.3 Å². The summed E-state index contributed by atoms with van der Waals surface area (Å²) in [5, 5.41) is 10.3. The molecule has 1 saturated heterocycles. The molecule has 2 fully saturated rings. The zero-order chi connectivity index (χ0) is 13.8. The lowest BCUT2D eigenvalue weighted by Crippen LogP contribution is -2.27. The van der Waals surface area contributed by atoms with Crippen LogP contribution in [0.4, 0.5) is 0 Å². The fourth-order valence-electron chi connectivity index (χ4n) is 3.31. The molecule has 0 radical (unpaired) electrons. The summed E-state index contributed by atoms with van der Waals surface area (Å²) < 4.78 is 11.7. The molecule has 0 aromatic heterocycles. The number of aliphatic hydroxyl groups excluding tert-OH is 1. The molecule has 3 nitrogen and oxygen atoms in total. The van der Waals surface area contributed by atoms with Gasteiger partial charge in [0.15, 0.2) is 6.29 Å². The maximum Gasteiger partial charge on any atom is 0.199 e. The van der Waals surface area contributed by atoms with E-state index < -0.39 is 0 Å². The Kier molecular flexibility index (Phi) is 4.58. The lowest BCUT2D eigenvalue weighted by molar-refractivity contribution is -0.106. The second-order valence-electron chi connectivity index (χ2n) is 5.91. The van der Waals surface area contributed by atoms with Crippen LogP contribution < -0.4 is 4.74 Å². The summed E-state index contributed by atoms with van der Waals surface area (Å²) in [6.45, 7) is 0.791. The summed E-state index contributed by atoms with van der Waals surface area (Å²) in [7, 11) is 0. The third-order valence-corrected chi connectivity index (χ3v) is 4.44. The van der Waals surface area contributed by atoms with Crippen molar-refractivity contribution >= 4 is 0 Å². The van der Waals surface area contributed by atoms with Crippen LogP contribution in [0.1, 0.15) is 56.4 Å². The van der Waals surface area contributed by atoms with Crippen LogP contribution in [-0.2, 0) is 4.74 Å². The smallest absolute Gasteiger partial charge is 0.199 e. The van der Waals surface area contributed by atoms with E-state index in [1.165, 1.54) is 12.8 Å². The molecule has 1 N–H and O–H groups in total. The standard InChI is InChI=1S/C17H24O3/c18-15-9-3-1-7-13(15)14-8-2-4-10-16(14)20-17-11-5-6-12-19-17/h2,4,8,10,13,15,17-18H,1,3,5-7,9,11-12H2/t13-,15+,17?/m0/s1. The van der Waals surface area contributed by atoms with Gasteiger partial charge >= 0.3 is 0 Å². The van der Waals surface area contributed by atoms with Gasteiger partial charge < -0.3 is 14.6 Å². The first-order chi connectivity index (χ1) is 9.84. The minimum Gasteiger partial charge on any atom is -0.465 e. The Morgan fingerprint density at radius 3 is 2.60 bits per heavy atom. The predicted molar refractivity (Wildman–Crippen MR) is 77.9 cm³/mol. The molecule has 20 heavy (non-hydrogen) atoms. The van der Waals surface area contributed by atoms with E-state index in [-0.39, 0.29) is 18.3 Å². The van der Waals surface area contributed by atoms with Crippen LogP contribution in [0.15, 0.2) is 24.3 Å². The van der Waals surface area contributed by atoms with Crippen molar-refractivity contribution in [1.29, 1.82) is 0 Å². The number of benzene rings is 1. The quantitative estimate of drug-likeness (QED) is 0.916. The second kappa shape index (κ2) is 6.59. The fraction of sp³-hybridized carbons (Fsp3) is 0.647. The van der Waals surface area contributed by atoms with Gasteiger partial charge in [-0.25, -0.2) is 0 Å². The normalized spacial score (nSPS) is 30.9. The topological polar surface area (TPSA) is 38.7 Å². The van der Waals surface area contributed by atoms with Crippen molar-refractivity contribution < 1.29 is 14.6 Å². The average Bonchev–Trinajstić information content (AvgIpc) is 2.50. The molecule has 1 heterocycles. The summed E-state index contributed by atoms with van der Waals surface area (Å²) in [5.74, 6) is 1.11. The molecular weight excluding hydrogens is 252 g/mol. The lowest BCUT2D eigenvalue weighted by Gasteiger charge is -2.31. The number of hydrogen-bond acceptors (Lipinski definition) is 3. The van der Waals surface area contributed by atoms with Gasteiger partial charge in [0.2, 0.25) is 0 Å². The molecule has 110 valence electrons. The van der Waals surface area contributed by atoms with Gasteiger partial charge in [0.05, 0.1) is 12.7 Å². The second-order valence-corrected chi connectivity index (χ2v) is 5.91. The molecule has 0 amide bonds. The number of hydrogen-bond donors (Lipinski definition) is 1. The highest BCUT2D eigenvalue weighted by molar-refractivity contribution is 5.37. The highest BCUT2D eigenvalue weighted by Gasteiger charge is 2.28. The van der Waals surface area contributed by atoms with Crippen LogP contribution in [0.5, 0.6) is 5.75 Å². The molecule has 3 rings (SSSR count). The van der Waals surface area contributed by atoms with Crippen molar-refractivity contribution in [2.24, 2.45) is 0 Å². The van der Waals surface area contributed by atoms with Gasteiger partial charge in [0.25, 0.3) is 0 Å². The largest absolute Gasteiger partial charge is 0.465 e. The molecule has 1 aliphatic carbocycles. The number of rotatable bonds is 3. The molecular formula is C17H24O3. The van der Waals surface area contributed by atoms with Crippen molar-refractivity contribution in [3.8, 4) is 5.75 Å². The van der Waals surface area contributed by atoms with E-state index in [9.17, 15) is 5.11 Å². The number of ether oxygens (including phenoxy) is 2. The van der Waals surface area contributed by atoms with E-state index in [4.69, 9.17) is 9.47 Å². The van der Waals surface area contributed by atoms with E-state index >= 15 is 0 Å². The van der Waals surface area contributed by atoms with Gasteiger partial charge in [0.1, 0.15) is 5.75 Å². The predicted octanol–water partition coefficient (Wildman–Crippen LogP) is 3.61. The Bertz CT molecular complexity index is 426. The maximum absolute atomic E-state index is 10.3. The van der Waals surface area contributed by atoms with E-state index in [2.05, 4.69) is 6.07 Å². The summed E-state index contributed by atoms with van der Waals surface area (Å²) in [4.78, 5) is 0. The van der Waals surface area contributed by atoms with Crippen molar-refractivity contribution in [3.05, 3.63) is 29.8 Å². The highest BCUT2D eigenvalue weighted by atomic mass is 16.7. The molecule has 0 bridgehead atoms. The summed E-state index contributed by atoms with van der Waals surface area (Å²) in [6.07, 6.45) is 7.17. The third kappa shape index (κ3) is 3.15. The van der Waals surface area contributed by atoms with Gasteiger partial charge in [-0.15, -0.1) is 0 Å². The van der Waals surface area contributed by atoms with E-state index in [1.807, 2.05) is 18.2 Å². The van der Waals surface area contributed by atoms with E-state index in [0.29, 0.717) is 0 Å². The van der Waals surface area contributed by atoms with Gasteiger partial charge in [-0.1, -0.05) is 31.0 Å². The molecule has 2 aliphatic rings. The van der Waals surface area contributed by atoms with Crippen LogP contribution in [0.2, 0.25) is 0 Å². The first kappa shape index (κ1) is 13.9. The van der Waals surface area contributed by atoms with Crippen LogP contribution in [0.3, 0.4) is 0 Å². The van der Waals surface area contributed by atoms with E-state index in [0.717, 1.165) is 50.0 Å². The molecule has 1 saturated carbocycles. The van der Waals surface area contributed by atoms with Gasteiger partial charge in [-0.05, 0) is 37.3 Å². The Morgan fingerprint density at radius 2 is 1.80 bits per heavy atom. The van der Waals surface area contributed by atoms with Crippen LogP contribution in [0, 0.1) is 0 Å². The first-order valence-electron chi connectivity index (χ1n) is 7.90. The summed E-state index contributed by atoms with van der Waals surface area (Å²) in [5.41, 5.74) is 1.15. The molecule has 1 aromatic carbocycles. The van der Waals surface area contributed by atoms with Crippen molar-refractivity contribution in [3.63, 3.8) is 0 Å². The number of aliphatic hydroxyl groups is 1. The minimum absolute atomic E-state index is 0.120. The first-order valence-corrected chi connectivity index (χ1v) is 7.90. The Hall–Kier alpha value is -1.06. The lowest BCUT2D eigenvalue weighted by atomic mass is 9.81. The zero-order valence-electron chi connectivity index (χ0n) is 12.0. The molecule has 3 heteroatoms. The molecule has 3 atom stereocenters. The molecule has 1 aromatic rings. The van der Waals surface area contributed by atoms with Gasteiger partial charge in [-0.3, -0.25) is 0 Å². The minimum atomic E-state index is -0.235. The van der Waals surface area contributed by atoms with Crippen molar-refractivity contribution in [2.45, 2.75) is 63.3 Å². The van der Waals surface area contributed by atoms with Crippen LogP contribution >= 0.6 is 0 Å². The Balaban J connectivity index is 1.76. The van der Waals surface area contributed by atoms with Gasteiger partial charge in [-0.2, -0.15) is 0 Å². The number of para-hydroxylation sites is 1. The molecule has 1 aliphatic heterocycles.